The molecule has 2 nitrogen and oxygen atoms in total. The number of aromatic amines is 1. The summed E-state index contributed by atoms with van der Waals surface area (Å²) in [5, 5.41) is 1.22. The zero-order chi connectivity index (χ0) is 20.9. The van der Waals surface area contributed by atoms with Crippen molar-refractivity contribution in [2.75, 3.05) is 4.90 Å². The van der Waals surface area contributed by atoms with Crippen molar-refractivity contribution >= 4 is 40.1 Å². The number of nitrogens with zero attached hydrogens (tertiary/aromatic N) is 1. The fraction of sp³-hybridized carbons (Fsp3) is 0. The maximum atomic E-state index is 3.30. The van der Waals surface area contributed by atoms with Crippen LogP contribution in [0.2, 0.25) is 0 Å². The maximum Gasteiger partial charge on any atom is 0.211 e. The maximum absolute atomic E-state index is 3.30. The van der Waals surface area contributed by atoms with E-state index in [0.717, 1.165) is 22.6 Å². The molecule has 0 aliphatic rings. The number of nitrogens with one attached hydrogen (secondary N) is 1. The van der Waals surface area contributed by atoms with E-state index in [9.17, 15) is 0 Å². The lowest BCUT2D eigenvalue weighted by Crippen LogP contribution is -2.09. The number of hydrogen-bond acceptors (Lipinski definition) is 1. The summed E-state index contributed by atoms with van der Waals surface area (Å²) in [7, 11) is 0. The van der Waals surface area contributed by atoms with E-state index in [-0.39, 0.29) is 0 Å². The molecule has 0 spiro atoms. The summed E-state index contributed by atoms with van der Waals surface area (Å²) < 4.78 is 0. The molecular weight excluding hydrogens is 376 g/mol. The topological polar surface area (TPSA) is 17.4 Å². The van der Waals surface area contributed by atoms with Gasteiger partial charge in [-0.05, 0) is 53.6 Å². The van der Waals surface area contributed by atoms with Gasteiger partial charge in [-0.15, -0.1) is 0 Å². The molecule has 0 fully saturated rings. The fourth-order valence-corrected chi connectivity index (χ4v) is 3.84. The average molecular weight is 400 g/mol. The zero-order valence-electron chi connectivity index (χ0n) is 17.1. The number of anilines is 3. The van der Waals surface area contributed by atoms with Gasteiger partial charge in [0.15, 0.2) is 6.20 Å². The molecule has 0 saturated carbocycles. The molecule has 0 aliphatic heterocycles. The Morgan fingerprint density at radius 3 is 1.77 bits per heavy atom. The highest BCUT2D eigenvalue weighted by atomic mass is 15.1. The Balaban J connectivity index is 1.46. The zero-order valence-corrected chi connectivity index (χ0v) is 17.1. The van der Waals surface area contributed by atoms with Crippen LogP contribution in [0.1, 0.15) is 11.1 Å². The van der Waals surface area contributed by atoms with Gasteiger partial charge >= 0.3 is 0 Å². The van der Waals surface area contributed by atoms with Gasteiger partial charge in [0.05, 0.1) is 5.39 Å². The predicted molar refractivity (Wildman–Crippen MR) is 131 cm³/mol. The SMILES string of the molecule is C(=C\c1cc[nH+]c2ccccc12)/c1ccc(N(c2ccccc2)c2ccccc2)cc1. The number of rotatable bonds is 5. The van der Waals surface area contributed by atoms with Gasteiger partial charge in [-0.3, -0.25) is 0 Å². The van der Waals surface area contributed by atoms with Crippen LogP contribution in [0.3, 0.4) is 0 Å². The summed E-state index contributed by atoms with van der Waals surface area (Å²) in [6.45, 7) is 0. The second-order valence-corrected chi connectivity index (χ2v) is 7.41. The van der Waals surface area contributed by atoms with E-state index in [2.05, 4.69) is 125 Å². The first-order valence-electron chi connectivity index (χ1n) is 10.5. The van der Waals surface area contributed by atoms with Crippen molar-refractivity contribution in [3.8, 4) is 0 Å². The summed E-state index contributed by atoms with van der Waals surface area (Å²) in [6, 6.07) is 40.1. The van der Waals surface area contributed by atoms with Crippen LogP contribution in [0.25, 0.3) is 23.1 Å². The molecule has 0 amide bonds. The van der Waals surface area contributed by atoms with Gasteiger partial charge in [-0.2, -0.15) is 0 Å². The number of para-hydroxylation sites is 3. The van der Waals surface area contributed by atoms with Gasteiger partial charge in [-0.1, -0.05) is 72.8 Å². The first-order valence-corrected chi connectivity index (χ1v) is 10.5. The molecule has 1 aromatic heterocycles. The molecular formula is C29H23N2+. The lowest BCUT2D eigenvalue weighted by atomic mass is 10.1. The van der Waals surface area contributed by atoms with Crippen molar-refractivity contribution in [1.29, 1.82) is 0 Å². The first-order chi connectivity index (χ1) is 15.4. The molecule has 0 unspecified atom stereocenters. The number of fused-ring (bicyclic) bond motifs is 1. The highest BCUT2D eigenvalue weighted by Gasteiger charge is 2.11. The Hall–Kier alpha value is -4.17. The molecule has 0 radical (unpaired) electrons. The van der Waals surface area contributed by atoms with Gasteiger partial charge in [0.25, 0.3) is 0 Å². The Labute approximate surface area is 182 Å². The predicted octanol–water partition coefficient (Wildman–Crippen LogP) is 7.29. The molecule has 0 saturated heterocycles. The molecule has 0 bridgehead atoms. The van der Waals surface area contributed by atoms with Gasteiger partial charge in [-0.25, -0.2) is 4.98 Å². The Kier molecular flexibility index (Phi) is 5.27. The van der Waals surface area contributed by atoms with Crippen LogP contribution in [-0.4, -0.2) is 0 Å². The molecule has 1 heterocycles. The van der Waals surface area contributed by atoms with Gasteiger partial charge in [0, 0.05) is 29.2 Å². The van der Waals surface area contributed by atoms with Crippen molar-refractivity contribution in [2.24, 2.45) is 0 Å². The fourth-order valence-electron chi connectivity index (χ4n) is 3.84. The monoisotopic (exact) mass is 399 g/mol. The molecule has 31 heavy (non-hydrogen) atoms. The standard InChI is InChI=1S/C29H22N2/c1-3-9-25(10-4-1)31(26-11-5-2-6-12-26)27-19-16-23(17-20-27)15-18-24-21-22-30-29-14-8-7-13-28(24)29/h1-22H/p+1/b18-15+. The van der Waals surface area contributed by atoms with Gasteiger partial charge in [0.2, 0.25) is 5.52 Å². The van der Waals surface area contributed by atoms with Crippen LogP contribution < -0.4 is 9.88 Å². The lowest BCUT2D eigenvalue weighted by Gasteiger charge is -2.25. The summed E-state index contributed by atoms with van der Waals surface area (Å²) in [6.07, 6.45) is 6.33. The number of aromatic nitrogens is 1. The average Bonchev–Trinajstić information content (AvgIpc) is 2.85. The van der Waals surface area contributed by atoms with E-state index < -0.39 is 0 Å². The van der Waals surface area contributed by atoms with E-state index in [1.165, 1.54) is 16.5 Å². The molecule has 4 aromatic carbocycles. The van der Waals surface area contributed by atoms with Gasteiger partial charge in [0.1, 0.15) is 0 Å². The Bertz CT molecular complexity index is 1260. The van der Waals surface area contributed by atoms with Crippen molar-refractivity contribution in [3.63, 3.8) is 0 Å². The lowest BCUT2D eigenvalue weighted by molar-refractivity contribution is -0.344. The van der Waals surface area contributed by atoms with Crippen LogP contribution in [0.15, 0.2) is 121 Å². The highest BCUT2D eigenvalue weighted by Crippen LogP contribution is 2.34. The molecule has 148 valence electrons. The van der Waals surface area contributed by atoms with Crippen molar-refractivity contribution in [2.45, 2.75) is 0 Å². The van der Waals surface area contributed by atoms with E-state index in [4.69, 9.17) is 0 Å². The third-order valence-corrected chi connectivity index (χ3v) is 5.38. The highest BCUT2D eigenvalue weighted by molar-refractivity contribution is 5.88. The second kappa shape index (κ2) is 8.68. The third-order valence-electron chi connectivity index (χ3n) is 5.38. The first kappa shape index (κ1) is 18.8. The minimum Gasteiger partial charge on any atom is -0.311 e. The summed E-state index contributed by atoms with van der Waals surface area (Å²) in [5.41, 5.74) is 6.93. The Morgan fingerprint density at radius 1 is 0.516 bits per heavy atom. The molecule has 0 aliphatic carbocycles. The molecule has 2 heteroatoms. The number of hydrogen-bond donors (Lipinski definition) is 0. The van der Waals surface area contributed by atoms with Crippen molar-refractivity contribution < 1.29 is 4.98 Å². The van der Waals surface area contributed by atoms with Crippen LogP contribution >= 0.6 is 0 Å². The molecule has 0 atom stereocenters. The van der Waals surface area contributed by atoms with Crippen LogP contribution in [0.4, 0.5) is 17.1 Å². The number of pyridine rings is 1. The van der Waals surface area contributed by atoms with Crippen LogP contribution in [-0.2, 0) is 0 Å². The van der Waals surface area contributed by atoms with Crippen LogP contribution in [0, 0.1) is 0 Å². The minimum atomic E-state index is 1.13. The van der Waals surface area contributed by atoms with Gasteiger partial charge < -0.3 is 4.90 Å². The summed E-state index contributed by atoms with van der Waals surface area (Å²) >= 11 is 0. The minimum absolute atomic E-state index is 1.13. The molecule has 5 rings (SSSR count). The van der Waals surface area contributed by atoms with Crippen molar-refractivity contribution in [1.82, 2.24) is 0 Å². The number of benzene rings is 4. The normalized spacial score (nSPS) is 11.1. The molecule has 1 N–H and O–H groups in total. The third kappa shape index (κ3) is 4.10. The van der Waals surface area contributed by atoms with Crippen molar-refractivity contribution in [3.05, 3.63) is 133 Å². The quantitative estimate of drug-likeness (QED) is 0.303. The molecule has 5 aromatic rings. The van der Waals surface area contributed by atoms with Crippen LogP contribution in [0.5, 0.6) is 0 Å². The van der Waals surface area contributed by atoms with E-state index in [0.29, 0.717) is 0 Å². The summed E-state index contributed by atoms with van der Waals surface area (Å²) in [4.78, 5) is 5.57. The smallest absolute Gasteiger partial charge is 0.211 e. The van der Waals surface area contributed by atoms with E-state index >= 15 is 0 Å². The second-order valence-electron chi connectivity index (χ2n) is 7.41. The Morgan fingerprint density at radius 2 is 1.10 bits per heavy atom. The summed E-state index contributed by atoms with van der Waals surface area (Å²) in [5.74, 6) is 0. The van der Waals surface area contributed by atoms with E-state index in [1.807, 2.05) is 18.3 Å². The largest absolute Gasteiger partial charge is 0.311 e. The van der Waals surface area contributed by atoms with E-state index in [1.54, 1.807) is 0 Å². The number of H-pyrrole nitrogens is 1.